The summed E-state index contributed by atoms with van der Waals surface area (Å²) < 4.78 is 5.79. The zero-order valence-corrected chi connectivity index (χ0v) is 14.9. The van der Waals surface area contributed by atoms with Gasteiger partial charge in [0.15, 0.2) is 5.76 Å². The number of furan rings is 1. The maximum absolute atomic E-state index is 12.9. The molecule has 4 nitrogen and oxygen atoms in total. The van der Waals surface area contributed by atoms with E-state index in [1.54, 1.807) is 60.7 Å². The number of fused-ring (bicyclic) bond motifs is 1. The highest BCUT2D eigenvalue weighted by Crippen LogP contribution is 2.33. The number of rotatable bonds is 4. The second-order valence-electron chi connectivity index (χ2n) is 5.96. The zero-order valence-electron chi connectivity index (χ0n) is 14.1. The number of carbonyl (C=O) groups is 2. The van der Waals surface area contributed by atoms with Crippen molar-refractivity contribution in [1.29, 1.82) is 0 Å². The number of ketones is 1. The van der Waals surface area contributed by atoms with Crippen LogP contribution >= 0.6 is 11.6 Å². The molecule has 0 saturated carbocycles. The van der Waals surface area contributed by atoms with E-state index < -0.39 is 0 Å². The van der Waals surface area contributed by atoms with Gasteiger partial charge >= 0.3 is 0 Å². The first-order chi connectivity index (χ1) is 13.1. The normalized spacial score (nSPS) is 10.7. The van der Waals surface area contributed by atoms with Crippen LogP contribution in [0.25, 0.3) is 11.0 Å². The molecule has 0 saturated heterocycles. The molecule has 4 aromatic rings. The van der Waals surface area contributed by atoms with Crippen LogP contribution < -0.4 is 5.32 Å². The van der Waals surface area contributed by atoms with Gasteiger partial charge < -0.3 is 9.73 Å². The summed E-state index contributed by atoms with van der Waals surface area (Å²) in [5.74, 6) is -0.539. The van der Waals surface area contributed by atoms with Crippen LogP contribution in [0.2, 0.25) is 5.02 Å². The summed E-state index contributed by atoms with van der Waals surface area (Å²) in [5.41, 5.74) is 1.81. The highest BCUT2D eigenvalue weighted by molar-refractivity contribution is 6.30. The Balaban J connectivity index is 1.78. The van der Waals surface area contributed by atoms with Gasteiger partial charge in [-0.25, -0.2) is 0 Å². The van der Waals surface area contributed by atoms with Gasteiger partial charge in [-0.2, -0.15) is 0 Å². The standard InChI is InChI=1S/C22H14ClNO3/c23-16-12-10-15(11-13-16)22(26)24-19-17-8-4-5-9-18(17)27-21(19)20(25)14-6-2-1-3-7-14/h1-13H,(H,24,26). The Morgan fingerprint density at radius 1 is 0.778 bits per heavy atom. The molecule has 132 valence electrons. The average molecular weight is 376 g/mol. The molecular formula is C22H14ClNO3. The lowest BCUT2D eigenvalue weighted by atomic mass is 10.1. The van der Waals surface area contributed by atoms with Crippen molar-refractivity contribution in [3.8, 4) is 0 Å². The third-order valence-electron chi connectivity index (χ3n) is 4.18. The first kappa shape index (κ1) is 17.1. The minimum absolute atomic E-state index is 0.102. The van der Waals surface area contributed by atoms with Crippen LogP contribution in [-0.4, -0.2) is 11.7 Å². The minimum atomic E-state index is -0.347. The van der Waals surface area contributed by atoms with Gasteiger partial charge in [-0.05, 0) is 36.4 Å². The van der Waals surface area contributed by atoms with Crippen LogP contribution in [0.5, 0.6) is 0 Å². The Morgan fingerprint density at radius 2 is 1.44 bits per heavy atom. The van der Waals surface area contributed by atoms with Crippen molar-refractivity contribution in [2.24, 2.45) is 0 Å². The Morgan fingerprint density at radius 3 is 2.19 bits per heavy atom. The van der Waals surface area contributed by atoms with E-state index in [9.17, 15) is 9.59 Å². The lowest BCUT2D eigenvalue weighted by Gasteiger charge is -2.06. The third kappa shape index (κ3) is 3.35. The average Bonchev–Trinajstić information content (AvgIpc) is 3.07. The van der Waals surface area contributed by atoms with Gasteiger partial charge in [0, 0.05) is 21.5 Å². The zero-order chi connectivity index (χ0) is 18.8. The Kier molecular flexibility index (Phi) is 4.48. The topological polar surface area (TPSA) is 59.3 Å². The predicted molar refractivity (Wildman–Crippen MR) is 105 cm³/mol. The van der Waals surface area contributed by atoms with Gasteiger partial charge in [-0.15, -0.1) is 0 Å². The van der Waals surface area contributed by atoms with Gasteiger partial charge in [0.25, 0.3) is 5.91 Å². The Bertz CT molecular complexity index is 1130. The third-order valence-corrected chi connectivity index (χ3v) is 4.43. The highest BCUT2D eigenvalue weighted by Gasteiger charge is 2.23. The van der Waals surface area contributed by atoms with Crippen LogP contribution in [0.15, 0.2) is 83.3 Å². The number of carbonyl (C=O) groups excluding carboxylic acids is 2. The fourth-order valence-corrected chi connectivity index (χ4v) is 2.96. The molecule has 1 N–H and O–H groups in total. The Labute approximate surface area is 160 Å². The number of para-hydroxylation sites is 1. The molecule has 0 atom stereocenters. The number of hydrogen-bond donors (Lipinski definition) is 1. The van der Waals surface area contributed by atoms with E-state index in [1.165, 1.54) is 0 Å². The molecule has 0 radical (unpaired) electrons. The molecule has 0 fully saturated rings. The SMILES string of the molecule is O=C(Nc1c(C(=O)c2ccccc2)oc2ccccc12)c1ccc(Cl)cc1. The van der Waals surface area contributed by atoms with Crippen LogP contribution in [0.3, 0.4) is 0 Å². The predicted octanol–water partition coefficient (Wildman–Crippen LogP) is 5.57. The van der Waals surface area contributed by atoms with Crippen LogP contribution in [0, 0.1) is 0 Å². The lowest BCUT2D eigenvalue weighted by Crippen LogP contribution is -2.14. The molecule has 3 aromatic carbocycles. The summed E-state index contributed by atoms with van der Waals surface area (Å²) in [5, 5.41) is 4.03. The fraction of sp³-hybridized carbons (Fsp3) is 0. The first-order valence-electron chi connectivity index (χ1n) is 8.31. The van der Waals surface area contributed by atoms with Gasteiger partial charge in [0.05, 0.1) is 5.69 Å². The number of nitrogens with one attached hydrogen (secondary N) is 1. The van der Waals surface area contributed by atoms with Crippen LogP contribution in [-0.2, 0) is 0 Å². The second-order valence-corrected chi connectivity index (χ2v) is 6.39. The van der Waals surface area contributed by atoms with Gasteiger partial charge in [-0.1, -0.05) is 54.1 Å². The van der Waals surface area contributed by atoms with Crippen molar-refractivity contribution in [3.05, 3.63) is 101 Å². The van der Waals surface area contributed by atoms with Gasteiger partial charge in [0.1, 0.15) is 5.58 Å². The number of benzene rings is 3. The molecule has 5 heteroatoms. The summed E-state index contributed by atoms with van der Waals surface area (Å²) in [4.78, 5) is 25.6. The van der Waals surface area contributed by atoms with Crippen molar-refractivity contribution in [1.82, 2.24) is 0 Å². The lowest BCUT2D eigenvalue weighted by molar-refractivity contribution is 0.101. The molecule has 0 bridgehead atoms. The van der Waals surface area contributed by atoms with Crippen molar-refractivity contribution in [2.45, 2.75) is 0 Å². The van der Waals surface area contributed by atoms with Gasteiger partial charge in [-0.3, -0.25) is 9.59 Å². The molecule has 1 heterocycles. The summed E-state index contributed by atoms with van der Waals surface area (Å²) in [6.07, 6.45) is 0. The number of anilines is 1. The minimum Gasteiger partial charge on any atom is -0.450 e. The highest BCUT2D eigenvalue weighted by atomic mass is 35.5. The molecule has 1 aromatic heterocycles. The maximum atomic E-state index is 12.9. The van der Waals surface area contributed by atoms with E-state index in [4.69, 9.17) is 16.0 Å². The molecule has 1 amide bonds. The van der Waals surface area contributed by atoms with Gasteiger partial charge in [0.2, 0.25) is 5.78 Å². The van der Waals surface area contributed by atoms with Crippen molar-refractivity contribution in [2.75, 3.05) is 5.32 Å². The van der Waals surface area contributed by atoms with E-state index in [-0.39, 0.29) is 17.5 Å². The molecule has 0 spiro atoms. The molecular weight excluding hydrogens is 362 g/mol. The van der Waals surface area contributed by atoms with E-state index in [1.807, 2.05) is 18.2 Å². The Hall–Kier alpha value is -3.37. The monoisotopic (exact) mass is 375 g/mol. The van der Waals surface area contributed by atoms with Crippen molar-refractivity contribution >= 4 is 39.9 Å². The van der Waals surface area contributed by atoms with Crippen LogP contribution in [0.1, 0.15) is 26.5 Å². The number of hydrogen-bond acceptors (Lipinski definition) is 3. The van der Waals surface area contributed by atoms with Crippen molar-refractivity contribution < 1.29 is 14.0 Å². The van der Waals surface area contributed by atoms with E-state index in [0.717, 1.165) is 0 Å². The van der Waals surface area contributed by atoms with E-state index in [2.05, 4.69) is 5.32 Å². The molecule has 0 aliphatic heterocycles. The molecule has 27 heavy (non-hydrogen) atoms. The largest absolute Gasteiger partial charge is 0.450 e. The first-order valence-corrected chi connectivity index (χ1v) is 8.69. The second kappa shape index (κ2) is 7.09. The molecule has 4 rings (SSSR count). The van der Waals surface area contributed by atoms with E-state index in [0.29, 0.717) is 32.8 Å². The number of amides is 1. The molecule has 0 unspecified atom stereocenters. The van der Waals surface area contributed by atoms with Crippen molar-refractivity contribution in [3.63, 3.8) is 0 Å². The van der Waals surface area contributed by atoms with E-state index >= 15 is 0 Å². The summed E-state index contributed by atoms with van der Waals surface area (Å²) in [6, 6.07) is 22.5. The number of halogens is 1. The van der Waals surface area contributed by atoms with Crippen LogP contribution in [0.4, 0.5) is 5.69 Å². The maximum Gasteiger partial charge on any atom is 0.255 e. The molecule has 0 aliphatic rings. The summed E-state index contributed by atoms with van der Waals surface area (Å²) in [7, 11) is 0. The fourth-order valence-electron chi connectivity index (χ4n) is 2.84. The summed E-state index contributed by atoms with van der Waals surface area (Å²) >= 11 is 5.88. The molecule has 0 aliphatic carbocycles. The smallest absolute Gasteiger partial charge is 0.255 e. The quantitative estimate of drug-likeness (QED) is 0.474. The summed E-state index contributed by atoms with van der Waals surface area (Å²) in [6.45, 7) is 0.